The summed E-state index contributed by atoms with van der Waals surface area (Å²) >= 11 is 6.52. The first-order valence-corrected chi connectivity index (χ1v) is 11.4. The SMILES string of the molecule is CCCCC(Oc1c(I)cc(I)c(N(CC)C(=O)CC)c1I)C(=O)O. The molecule has 5 nitrogen and oxygen atoms in total. The Bertz CT molecular complexity index is 637. The molecule has 0 aromatic heterocycles. The first kappa shape index (κ1) is 23.2. The Morgan fingerprint density at radius 2 is 1.84 bits per heavy atom. The van der Waals surface area contributed by atoms with Gasteiger partial charge in [-0.3, -0.25) is 4.79 Å². The van der Waals surface area contributed by atoms with Crippen LogP contribution < -0.4 is 9.64 Å². The second-order valence-electron chi connectivity index (χ2n) is 5.41. The molecule has 1 atom stereocenters. The third-order valence-electron chi connectivity index (χ3n) is 3.65. The number of hydrogen-bond acceptors (Lipinski definition) is 3. The molecule has 0 saturated heterocycles. The van der Waals surface area contributed by atoms with Gasteiger partial charge in [-0.1, -0.05) is 20.3 Å². The number of rotatable bonds is 9. The van der Waals surface area contributed by atoms with Crippen LogP contribution in [0.15, 0.2) is 6.07 Å². The van der Waals surface area contributed by atoms with Crippen molar-refractivity contribution in [2.75, 3.05) is 11.4 Å². The molecule has 0 aliphatic rings. The van der Waals surface area contributed by atoms with Crippen LogP contribution in [0.1, 0.15) is 46.5 Å². The van der Waals surface area contributed by atoms with Gasteiger partial charge in [-0.2, -0.15) is 0 Å². The van der Waals surface area contributed by atoms with Crippen LogP contribution in [0.3, 0.4) is 0 Å². The minimum absolute atomic E-state index is 0.0336. The number of carboxylic acids is 1. The van der Waals surface area contributed by atoms with E-state index in [0.29, 0.717) is 25.1 Å². The molecule has 1 amide bonds. The highest BCUT2D eigenvalue weighted by Gasteiger charge is 2.26. The molecule has 0 aliphatic carbocycles. The maximum atomic E-state index is 12.3. The molecule has 1 rings (SSSR count). The fourth-order valence-corrected chi connectivity index (χ4v) is 6.54. The molecule has 1 N–H and O–H groups in total. The number of unbranched alkanes of at least 4 members (excludes halogenated alkanes) is 1. The summed E-state index contributed by atoms with van der Waals surface area (Å²) in [5, 5.41) is 9.45. The lowest BCUT2D eigenvalue weighted by Crippen LogP contribution is -2.32. The van der Waals surface area contributed by atoms with E-state index in [-0.39, 0.29) is 5.91 Å². The second kappa shape index (κ2) is 11.1. The van der Waals surface area contributed by atoms with Crippen LogP contribution in [0.2, 0.25) is 0 Å². The minimum atomic E-state index is -0.961. The highest BCUT2D eigenvalue weighted by molar-refractivity contribution is 14.1. The van der Waals surface area contributed by atoms with Crippen LogP contribution in [0, 0.1) is 10.7 Å². The van der Waals surface area contributed by atoms with Gasteiger partial charge < -0.3 is 14.7 Å². The Morgan fingerprint density at radius 3 is 2.32 bits per heavy atom. The first-order valence-electron chi connectivity index (χ1n) is 8.15. The van der Waals surface area contributed by atoms with E-state index in [4.69, 9.17) is 4.74 Å². The third kappa shape index (κ3) is 6.08. The molecule has 0 spiro atoms. The molecule has 0 aliphatic heterocycles. The predicted molar refractivity (Wildman–Crippen MR) is 124 cm³/mol. The molecule has 0 heterocycles. The number of carbonyl (C=O) groups is 2. The minimum Gasteiger partial charge on any atom is -0.479 e. The Morgan fingerprint density at radius 1 is 1.20 bits per heavy atom. The van der Waals surface area contributed by atoms with Crippen molar-refractivity contribution in [3.8, 4) is 5.75 Å². The summed E-state index contributed by atoms with van der Waals surface area (Å²) in [5.41, 5.74) is 0.797. The summed E-state index contributed by atoms with van der Waals surface area (Å²) in [6.07, 6.45) is 1.69. The van der Waals surface area contributed by atoms with E-state index in [1.807, 2.05) is 26.8 Å². The Hall–Kier alpha value is 0.150. The summed E-state index contributed by atoms with van der Waals surface area (Å²) in [7, 11) is 0. The molecule has 0 fully saturated rings. The van der Waals surface area contributed by atoms with Gasteiger partial charge in [-0.05, 0) is 93.6 Å². The molecule has 1 unspecified atom stereocenters. The van der Waals surface area contributed by atoms with Gasteiger partial charge in [0.2, 0.25) is 5.91 Å². The number of carbonyl (C=O) groups excluding carboxylic acids is 1. The van der Waals surface area contributed by atoms with Crippen LogP contribution in [0.5, 0.6) is 5.75 Å². The number of amides is 1. The third-order valence-corrected chi connectivity index (χ3v) is 6.27. The molecule has 1 aromatic rings. The Balaban J connectivity index is 3.35. The first-order chi connectivity index (χ1) is 11.8. The lowest BCUT2D eigenvalue weighted by Gasteiger charge is -2.26. The van der Waals surface area contributed by atoms with Gasteiger partial charge in [0.05, 0.1) is 12.8 Å². The van der Waals surface area contributed by atoms with E-state index in [2.05, 4.69) is 67.8 Å². The molecule has 25 heavy (non-hydrogen) atoms. The van der Waals surface area contributed by atoms with Crippen molar-refractivity contribution in [2.45, 2.75) is 52.6 Å². The van der Waals surface area contributed by atoms with Gasteiger partial charge in [0, 0.05) is 16.5 Å². The Kier molecular flexibility index (Phi) is 10.3. The summed E-state index contributed by atoms with van der Waals surface area (Å²) in [5.74, 6) is -0.383. The largest absolute Gasteiger partial charge is 0.479 e. The van der Waals surface area contributed by atoms with Gasteiger partial charge in [0.25, 0.3) is 0 Å². The van der Waals surface area contributed by atoms with Crippen molar-refractivity contribution >= 4 is 85.3 Å². The molecule has 1 aromatic carbocycles. The standard InChI is InChI=1S/C17H22I3NO4/c1-4-7-8-12(17(23)24)25-16-11(19)9-10(18)15(14(16)20)21(6-3)13(22)5-2/h9,12H,4-8H2,1-3H3,(H,23,24). The van der Waals surface area contributed by atoms with Crippen LogP contribution in [0.25, 0.3) is 0 Å². The number of anilines is 1. The maximum absolute atomic E-state index is 12.3. The monoisotopic (exact) mass is 685 g/mol. The van der Waals surface area contributed by atoms with E-state index in [0.717, 1.165) is 29.2 Å². The van der Waals surface area contributed by atoms with Crippen LogP contribution in [-0.2, 0) is 9.59 Å². The average Bonchev–Trinajstić information content (AvgIpc) is 2.56. The molecule has 0 bridgehead atoms. The van der Waals surface area contributed by atoms with Gasteiger partial charge in [-0.25, -0.2) is 4.79 Å². The molecule has 8 heteroatoms. The number of carboxylic acid groups (broad SMARTS) is 1. The number of halogens is 3. The highest BCUT2D eigenvalue weighted by atomic mass is 127. The zero-order valence-corrected chi connectivity index (χ0v) is 20.9. The van der Waals surface area contributed by atoms with Gasteiger partial charge in [0.15, 0.2) is 6.10 Å². The van der Waals surface area contributed by atoms with Crippen molar-refractivity contribution < 1.29 is 19.4 Å². The summed E-state index contributed by atoms with van der Waals surface area (Å²) in [4.78, 5) is 25.6. The van der Waals surface area contributed by atoms with E-state index >= 15 is 0 Å². The second-order valence-corrected chi connectivity index (χ2v) is 8.81. The lowest BCUT2D eigenvalue weighted by molar-refractivity contribution is -0.145. The van der Waals surface area contributed by atoms with Gasteiger partial charge >= 0.3 is 5.97 Å². The summed E-state index contributed by atoms with van der Waals surface area (Å²) in [6.45, 7) is 6.33. The number of hydrogen-bond donors (Lipinski definition) is 1. The molecular weight excluding hydrogens is 663 g/mol. The molecular formula is C17H22I3NO4. The number of ether oxygens (including phenoxy) is 1. The summed E-state index contributed by atoms with van der Waals surface area (Å²) < 4.78 is 8.46. The zero-order valence-electron chi connectivity index (χ0n) is 14.4. The number of aliphatic carboxylic acids is 1. The normalized spacial score (nSPS) is 11.9. The van der Waals surface area contributed by atoms with Crippen molar-refractivity contribution in [1.29, 1.82) is 0 Å². The number of nitrogens with zero attached hydrogens (tertiary/aromatic N) is 1. The topological polar surface area (TPSA) is 66.8 Å². The molecule has 0 saturated carbocycles. The van der Waals surface area contributed by atoms with E-state index in [1.165, 1.54) is 0 Å². The van der Waals surface area contributed by atoms with E-state index in [1.54, 1.807) is 4.90 Å². The van der Waals surface area contributed by atoms with Crippen LogP contribution >= 0.6 is 67.8 Å². The maximum Gasteiger partial charge on any atom is 0.344 e. The highest BCUT2D eigenvalue weighted by Crippen LogP contribution is 2.40. The van der Waals surface area contributed by atoms with Crippen LogP contribution in [-0.4, -0.2) is 29.6 Å². The van der Waals surface area contributed by atoms with Gasteiger partial charge in [0.1, 0.15) is 5.75 Å². The Labute approximate surface area is 189 Å². The molecule has 0 radical (unpaired) electrons. The molecule has 140 valence electrons. The number of benzene rings is 1. The van der Waals surface area contributed by atoms with Crippen molar-refractivity contribution in [3.63, 3.8) is 0 Å². The van der Waals surface area contributed by atoms with Crippen LogP contribution in [0.4, 0.5) is 5.69 Å². The van der Waals surface area contributed by atoms with E-state index < -0.39 is 12.1 Å². The van der Waals surface area contributed by atoms with Crippen molar-refractivity contribution in [1.82, 2.24) is 0 Å². The summed E-state index contributed by atoms with van der Waals surface area (Å²) in [6, 6.07) is 1.93. The quantitative estimate of drug-likeness (QED) is 0.360. The van der Waals surface area contributed by atoms with Crippen molar-refractivity contribution in [3.05, 3.63) is 16.8 Å². The zero-order chi connectivity index (χ0) is 19.1. The van der Waals surface area contributed by atoms with E-state index in [9.17, 15) is 14.7 Å². The smallest absolute Gasteiger partial charge is 0.344 e. The lowest BCUT2D eigenvalue weighted by atomic mass is 10.1. The fourth-order valence-electron chi connectivity index (χ4n) is 2.33. The van der Waals surface area contributed by atoms with Crippen molar-refractivity contribution in [2.24, 2.45) is 0 Å². The predicted octanol–water partition coefficient (Wildman–Crippen LogP) is 5.29. The fraction of sp³-hybridized carbons (Fsp3) is 0.529. The van der Waals surface area contributed by atoms with Gasteiger partial charge in [-0.15, -0.1) is 0 Å². The average molecular weight is 685 g/mol.